The van der Waals surface area contributed by atoms with Crippen LogP contribution in [0.25, 0.3) is 0 Å². The first kappa shape index (κ1) is 15.3. The summed E-state index contributed by atoms with van der Waals surface area (Å²) in [5, 5.41) is 12.2. The molecule has 0 aliphatic heterocycles. The number of amides is 1. The van der Waals surface area contributed by atoms with Gasteiger partial charge in [-0.05, 0) is 40.7 Å². The Labute approximate surface area is 137 Å². The number of hydrogen-bond donors (Lipinski definition) is 1. The normalized spacial score (nSPS) is 22.2. The molecule has 1 N–H and O–H groups in total. The van der Waals surface area contributed by atoms with Crippen molar-refractivity contribution in [2.75, 3.05) is 6.54 Å². The van der Waals surface area contributed by atoms with Crippen LogP contribution >= 0.6 is 0 Å². The van der Waals surface area contributed by atoms with Gasteiger partial charge in [-0.15, -0.1) is 0 Å². The van der Waals surface area contributed by atoms with Crippen LogP contribution < -0.4 is 5.32 Å². The molecule has 0 aromatic heterocycles. The highest BCUT2D eigenvalue weighted by atomic mass is 16.1. The van der Waals surface area contributed by atoms with Crippen LogP contribution in [0.5, 0.6) is 0 Å². The molecule has 1 aliphatic rings. The van der Waals surface area contributed by atoms with E-state index >= 15 is 0 Å². The summed E-state index contributed by atoms with van der Waals surface area (Å²) in [6.45, 7) is 4.39. The van der Waals surface area contributed by atoms with E-state index < -0.39 is 0 Å². The van der Waals surface area contributed by atoms with E-state index in [-0.39, 0.29) is 17.2 Å². The van der Waals surface area contributed by atoms with E-state index in [0.717, 1.165) is 6.42 Å². The molecule has 116 valence electrons. The van der Waals surface area contributed by atoms with Gasteiger partial charge in [0.05, 0.1) is 11.6 Å². The molecule has 0 saturated carbocycles. The fraction of sp³-hybridized carbons (Fsp3) is 0.300. The highest BCUT2D eigenvalue weighted by molar-refractivity contribution is 5.73. The molecular formula is C20H20N2O. The van der Waals surface area contributed by atoms with Gasteiger partial charge in [-0.25, -0.2) is 0 Å². The van der Waals surface area contributed by atoms with Crippen LogP contribution in [0.3, 0.4) is 0 Å². The Kier molecular flexibility index (Phi) is 3.92. The summed E-state index contributed by atoms with van der Waals surface area (Å²) in [5.74, 6) is 0.172. The molecule has 0 unspecified atom stereocenters. The third-order valence-electron chi connectivity index (χ3n) is 4.75. The predicted molar refractivity (Wildman–Crippen MR) is 89.9 cm³/mol. The largest absolute Gasteiger partial charge is 0.356 e. The second-order valence-electron chi connectivity index (χ2n) is 6.61. The molecule has 3 rings (SSSR count). The second kappa shape index (κ2) is 5.89. The first-order valence-electron chi connectivity index (χ1n) is 7.86. The molecule has 23 heavy (non-hydrogen) atoms. The number of nitrogens with one attached hydrogen (secondary N) is 1. The molecule has 0 spiro atoms. The Morgan fingerprint density at radius 3 is 2.70 bits per heavy atom. The van der Waals surface area contributed by atoms with Crippen molar-refractivity contribution in [3.63, 3.8) is 0 Å². The van der Waals surface area contributed by atoms with Crippen LogP contribution in [0.4, 0.5) is 0 Å². The summed E-state index contributed by atoms with van der Waals surface area (Å²) in [5.41, 5.74) is 4.31. The molecule has 0 radical (unpaired) electrons. The van der Waals surface area contributed by atoms with E-state index in [1.165, 1.54) is 16.7 Å². The lowest BCUT2D eigenvalue weighted by Gasteiger charge is -2.32. The van der Waals surface area contributed by atoms with Crippen LogP contribution in [0.1, 0.15) is 42.0 Å². The molecule has 0 fully saturated rings. The molecule has 0 heterocycles. The lowest BCUT2D eigenvalue weighted by atomic mass is 9.74. The fourth-order valence-electron chi connectivity index (χ4n) is 3.73. The van der Waals surface area contributed by atoms with Crippen LogP contribution in [0.15, 0.2) is 48.5 Å². The number of hydrogen-bond acceptors (Lipinski definition) is 2. The SMILES string of the molecule is CC(=O)NC[C@@]1(C)Cc2ccc(C#N)cc2[C@H]1c1ccccc1. The number of nitrogens with zero attached hydrogens (tertiary/aromatic N) is 1. The van der Waals surface area contributed by atoms with Crippen LogP contribution in [-0.4, -0.2) is 12.5 Å². The van der Waals surface area contributed by atoms with Crippen molar-refractivity contribution < 1.29 is 4.79 Å². The summed E-state index contributed by atoms with van der Waals surface area (Å²) in [7, 11) is 0. The molecule has 0 saturated heterocycles. The maximum atomic E-state index is 11.4. The summed E-state index contributed by atoms with van der Waals surface area (Å²) in [6.07, 6.45) is 0.897. The number of fused-ring (bicyclic) bond motifs is 1. The number of rotatable bonds is 3. The number of benzene rings is 2. The van der Waals surface area contributed by atoms with Gasteiger partial charge in [0.15, 0.2) is 0 Å². The van der Waals surface area contributed by atoms with Gasteiger partial charge in [-0.2, -0.15) is 5.26 Å². The molecule has 1 aliphatic carbocycles. The standard InChI is InChI=1S/C20H20N2O/c1-14(23)22-13-20(2)11-17-9-8-15(12-21)10-18(17)19(20)16-6-4-3-5-7-16/h3-10,19H,11,13H2,1-2H3,(H,22,23)/t19-,20-/m1/s1. The lowest BCUT2D eigenvalue weighted by Crippen LogP contribution is -2.37. The Balaban J connectivity index is 2.08. The third-order valence-corrected chi connectivity index (χ3v) is 4.75. The highest BCUT2D eigenvalue weighted by Crippen LogP contribution is 2.50. The number of nitriles is 1. The van der Waals surface area contributed by atoms with E-state index in [0.29, 0.717) is 12.1 Å². The zero-order valence-corrected chi connectivity index (χ0v) is 13.5. The molecule has 3 heteroatoms. The zero-order chi connectivity index (χ0) is 16.4. The quantitative estimate of drug-likeness (QED) is 0.945. The van der Waals surface area contributed by atoms with Crippen molar-refractivity contribution in [2.24, 2.45) is 5.41 Å². The monoisotopic (exact) mass is 304 g/mol. The topological polar surface area (TPSA) is 52.9 Å². The number of carbonyl (C=O) groups is 1. The summed E-state index contributed by atoms with van der Waals surface area (Å²) in [6, 6.07) is 18.5. The van der Waals surface area contributed by atoms with Crippen molar-refractivity contribution in [3.05, 3.63) is 70.8 Å². The molecule has 2 aromatic rings. The van der Waals surface area contributed by atoms with Crippen molar-refractivity contribution in [1.82, 2.24) is 5.32 Å². The van der Waals surface area contributed by atoms with Gasteiger partial charge in [0.25, 0.3) is 0 Å². The molecule has 2 atom stereocenters. The van der Waals surface area contributed by atoms with Crippen molar-refractivity contribution in [1.29, 1.82) is 5.26 Å². The molecular weight excluding hydrogens is 284 g/mol. The molecule has 3 nitrogen and oxygen atoms in total. The van der Waals surface area contributed by atoms with Crippen LogP contribution in [-0.2, 0) is 11.2 Å². The van der Waals surface area contributed by atoms with E-state index in [9.17, 15) is 10.1 Å². The predicted octanol–water partition coefficient (Wildman–Crippen LogP) is 3.39. The average molecular weight is 304 g/mol. The second-order valence-corrected chi connectivity index (χ2v) is 6.61. The van der Waals surface area contributed by atoms with Crippen LogP contribution in [0.2, 0.25) is 0 Å². The van der Waals surface area contributed by atoms with Crippen LogP contribution in [0, 0.1) is 16.7 Å². The van der Waals surface area contributed by atoms with E-state index in [1.54, 1.807) is 6.92 Å². The fourth-order valence-corrected chi connectivity index (χ4v) is 3.73. The average Bonchev–Trinajstić information content (AvgIpc) is 2.85. The Bertz CT molecular complexity index is 776. The lowest BCUT2D eigenvalue weighted by molar-refractivity contribution is -0.119. The summed E-state index contributed by atoms with van der Waals surface area (Å²) >= 11 is 0. The first-order chi connectivity index (χ1) is 11.0. The highest BCUT2D eigenvalue weighted by Gasteiger charge is 2.43. The van der Waals surface area contributed by atoms with Crippen molar-refractivity contribution in [2.45, 2.75) is 26.2 Å². The minimum Gasteiger partial charge on any atom is -0.356 e. The Morgan fingerprint density at radius 1 is 1.30 bits per heavy atom. The summed E-state index contributed by atoms with van der Waals surface area (Å²) in [4.78, 5) is 11.4. The van der Waals surface area contributed by atoms with Gasteiger partial charge in [0.1, 0.15) is 0 Å². The van der Waals surface area contributed by atoms with Gasteiger partial charge in [-0.3, -0.25) is 4.79 Å². The molecule has 0 bridgehead atoms. The zero-order valence-electron chi connectivity index (χ0n) is 13.5. The Hall–Kier alpha value is -2.60. The van der Waals surface area contributed by atoms with E-state index in [4.69, 9.17) is 0 Å². The Morgan fingerprint density at radius 2 is 2.04 bits per heavy atom. The van der Waals surface area contributed by atoms with E-state index in [1.807, 2.05) is 30.3 Å². The first-order valence-corrected chi connectivity index (χ1v) is 7.86. The van der Waals surface area contributed by atoms with Crippen molar-refractivity contribution in [3.8, 4) is 6.07 Å². The van der Waals surface area contributed by atoms with Gasteiger partial charge in [0.2, 0.25) is 5.91 Å². The maximum absolute atomic E-state index is 11.4. The number of carbonyl (C=O) groups excluding carboxylic acids is 1. The summed E-state index contributed by atoms with van der Waals surface area (Å²) < 4.78 is 0. The maximum Gasteiger partial charge on any atom is 0.216 e. The minimum absolute atomic E-state index is 0.00768. The van der Waals surface area contributed by atoms with E-state index in [2.05, 4.69) is 36.5 Å². The minimum atomic E-state index is -0.0938. The smallest absolute Gasteiger partial charge is 0.216 e. The van der Waals surface area contributed by atoms with Gasteiger partial charge in [0, 0.05) is 19.4 Å². The van der Waals surface area contributed by atoms with Gasteiger partial charge >= 0.3 is 0 Å². The third kappa shape index (κ3) is 2.85. The van der Waals surface area contributed by atoms with Crippen molar-refractivity contribution >= 4 is 5.91 Å². The van der Waals surface area contributed by atoms with Gasteiger partial charge < -0.3 is 5.32 Å². The molecule has 1 amide bonds. The molecule has 2 aromatic carbocycles. The van der Waals surface area contributed by atoms with Gasteiger partial charge in [-0.1, -0.05) is 43.3 Å².